The highest BCUT2D eigenvalue weighted by Gasteiger charge is 2.13. The van der Waals surface area contributed by atoms with E-state index >= 15 is 0 Å². The van der Waals surface area contributed by atoms with E-state index in [1.807, 2.05) is 37.3 Å². The predicted molar refractivity (Wildman–Crippen MR) is 111 cm³/mol. The minimum Gasteiger partial charge on any atom is -0.455 e. The average molecular weight is 412 g/mol. The maximum Gasteiger partial charge on any atom is 0.259 e. The normalized spacial score (nSPS) is 12.3. The summed E-state index contributed by atoms with van der Waals surface area (Å²) in [5.41, 5.74) is 5.07. The molecule has 0 bridgehead atoms. The van der Waals surface area contributed by atoms with Crippen LogP contribution in [-0.4, -0.2) is 25.5 Å². The van der Waals surface area contributed by atoms with Crippen molar-refractivity contribution >= 4 is 29.4 Å². The van der Waals surface area contributed by atoms with Crippen LogP contribution in [0.3, 0.4) is 0 Å². The number of hydrogen-bond acceptors (Lipinski definition) is 6. The van der Waals surface area contributed by atoms with E-state index in [9.17, 15) is 4.79 Å². The van der Waals surface area contributed by atoms with E-state index in [1.54, 1.807) is 18.2 Å². The van der Waals surface area contributed by atoms with E-state index in [4.69, 9.17) is 25.5 Å². The number of anilines is 1. The molecule has 2 heterocycles. The van der Waals surface area contributed by atoms with E-state index in [0.29, 0.717) is 28.0 Å². The van der Waals surface area contributed by atoms with E-state index < -0.39 is 0 Å². The Balaban J connectivity index is 1.29. The fourth-order valence-corrected chi connectivity index (χ4v) is 2.90. The van der Waals surface area contributed by atoms with Gasteiger partial charge in [0.25, 0.3) is 5.91 Å². The average Bonchev–Trinajstić information content (AvgIpc) is 3.37. The summed E-state index contributed by atoms with van der Waals surface area (Å²) < 4.78 is 16.3. The number of hydrazone groups is 1. The van der Waals surface area contributed by atoms with Gasteiger partial charge in [0.15, 0.2) is 11.5 Å². The lowest BCUT2D eigenvalue weighted by Gasteiger charge is -2.06. The first kappa shape index (κ1) is 18.9. The van der Waals surface area contributed by atoms with Gasteiger partial charge in [-0.2, -0.15) is 5.10 Å². The number of halogens is 1. The minimum atomic E-state index is -0.295. The maximum atomic E-state index is 11.9. The van der Waals surface area contributed by atoms with Crippen LogP contribution in [0.25, 0.3) is 11.3 Å². The highest BCUT2D eigenvalue weighted by molar-refractivity contribution is 6.31. The number of rotatable bonds is 6. The number of amides is 1. The third-order valence-electron chi connectivity index (χ3n) is 4.29. The van der Waals surface area contributed by atoms with Gasteiger partial charge in [-0.25, -0.2) is 5.43 Å². The Bertz CT molecular complexity index is 1080. The molecule has 2 N–H and O–H groups in total. The van der Waals surface area contributed by atoms with Crippen LogP contribution in [0, 0.1) is 6.92 Å². The summed E-state index contributed by atoms with van der Waals surface area (Å²) in [6, 6.07) is 14.7. The Labute approximate surface area is 172 Å². The number of ether oxygens (including phenoxy) is 2. The van der Waals surface area contributed by atoms with Crippen molar-refractivity contribution in [2.24, 2.45) is 5.10 Å². The van der Waals surface area contributed by atoms with Crippen LogP contribution >= 0.6 is 11.6 Å². The van der Waals surface area contributed by atoms with Gasteiger partial charge < -0.3 is 19.2 Å². The van der Waals surface area contributed by atoms with Gasteiger partial charge in [-0.05, 0) is 42.8 Å². The molecule has 7 nitrogen and oxygen atoms in total. The first-order valence-electron chi connectivity index (χ1n) is 8.90. The molecule has 3 aromatic rings. The summed E-state index contributed by atoms with van der Waals surface area (Å²) in [4.78, 5) is 11.9. The first-order chi connectivity index (χ1) is 14.1. The molecule has 1 aliphatic rings. The van der Waals surface area contributed by atoms with E-state index in [0.717, 1.165) is 16.8 Å². The van der Waals surface area contributed by atoms with Gasteiger partial charge in [-0.1, -0.05) is 23.7 Å². The standard InChI is InChI=1S/C21H18ClN3O4/c1-13-2-3-14(8-17(13)22)18-7-5-16(29-18)10-24-25-21(26)11-23-15-4-6-19-20(9-15)28-12-27-19/h2-10,23H,11-12H2,1H3,(H,25,26)/b24-10-. The second kappa shape index (κ2) is 8.28. The molecule has 0 saturated heterocycles. The number of furan rings is 1. The van der Waals surface area contributed by atoms with Crippen molar-refractivity contribution in [3.05, 3.63) is 64.9 Å². The summed E-state index contributed by atoms with van der Waals surface area (Å²) in [7, 11) is 0. The molecule has 0 fully saturated rings. The van der Waals surface area contributed by atoms with Gasteiger partial charge >= 0.3 is 0 Å². The lowest BCUT2D eigenvalue weighted by atomic mass is 10.1. The number of carbonyl (C=O) groups is 1. The smallest absolute Gasteiger partial charge is 0.259 e. The molecule has 0 radical (unpaired) electrons. The Morgan fingerprint density at radius 2 is 2.00 bits per heavy atom. The maximum absolute atomic E-state index is 11.9. The van der Waals surface area contributed by atoms with E-state index in [1.165, 1.54) is 6.21 Å². The second-order valence-corrected chi connectivity index (χ2v) is 6.79. The summed E-state index contributed by atoms with van der Waals surface area (Å²) in [6.07, 6.45) is 1.44. The Hall–Kier alpha value is -3.45. The molecule has 1 amide bonds. The fraction of sp³-hybridized carbons (Fsp3) is 0.143. The summed E-state index contributed by atoms with van der Waals surface area (Å²) >= 11 is 6.16. The van der Waals surface area contributed by atoms with Crippen LogP contribution in [0.4, 0.5) is 5.69 Å². The quantitative estimate of drug-likeness (QED) is 0.469. The molecule has 1 aliphatic heterocycles. The van der Waals surface area contributed by atoms with Crippen molar-refractivity contribution in [3.63, 3.8) is 0 Å². The number of carbonyl (C=O) groups excluding carboxylic acids is 1. The molecule has 4 rings (SSSR count). The lowest BCUT2D eigenvalue weighted by Crippen LogP contribution is -2.25. The summed E-state index contributed by atoms with van der Waals surface area (Å²) in [5, 5.41) is 7.60. The second-order valence-electron chi connectivity index (χ2n) is 6.38. The van der Waals surface area contributed by atoms with Crippen LogP contribution in [-0.2, 0) is 4.79 Å². The van der Waals surface area contributed by atoms with E-state index in [-0.39, 0.29) is 19.2 Å². The molecular weight excluding hydrogens is 394 g/mol. The Kier molecular flexibility index (Phi) is 5.39. The Morgan fingerprint density at radius 3 is 2.86 bits per heavy atom. The van der Waals surface area contributed by atoms with Crippen molar-refractivity contribution in [3.8, 4) is 22.8 Å². The van der Waals surface area contributed by atoms with Gasteiger partial charge in [-0.15, -0.1) is 0 Å². The SMILES string of the molecule is Cc1ccc(-c2ccc(/C=N\NC(=O)CNc3ccc4c(c3)OCO4)o2)cc1Cl. The molecule has 0 unspecified atom stereocenters. The molecule has 8 heteroatoms. The molecule has 0 atom stereocenters. The number of benzene rings is 2. The highest BCUT2D eigenvalue weighted by Crippen LogP contribution is 2.34. The molecule has 0 spiro atoms. The van der Waals surface area contributed by atoms with Crippen molar-refractivity contribution in [1.82, 2.24) is 5.43 Å². The zero-order valence-corrected chi connectivity index (χ0v) is 16.3. The number of nitrogens with one attached hydrogen (secondary N) is 2. The topological polar surface area (TPSA) is 85.1 Å². The summed E-state index contributed by atoms with van der Waals surface area (Å²) in [5.74, 6) is 2.23. The first-order valence-corrected chi connectivity index (χ1v) is 9.28. The van der Waals surface area contributed by atoms with Crippen molar-refractivity contribution in [1.29, 1.82) is 0 Å². The zero-order valence-electron chi connectivity index (χ0n) is 15.6. The third kappa shape index (κ3) is 4.52. The molecule has 0 aliphatic carbocycles. The van der Waals surface area contributed by atoms with Crippen LogP contribution in [0.2, 0.25) is 5.02 Å². The molecule has 1 aromatic heterocycles. The zero-order chi connectivity index (χ0) is 20.2. The number of aryl methyl sites for hydroxylation is 1. The van der Waals surface area contributed by atoms with Crippen LogP contribution < -0.4 is 20.2 Å². The van der Waals surface area contributed by atoms with Crippen LogP contribution in [0.1, 0.15) is 11.3 Å². The molecule has 2 aromatic carbocycles. The van der Waals surface area contributed by atoms with Crippen LogP contribution in [0.15, 0.2) is 58.0 Å². The van der Waals surface area contributed by atoms with Gasteiger partial charge in [0.05, 0.1) is 12.8 Å². The van der Waals surface area contributed by atoms with Gasteiger partial charge in [0, 0.05) is 22.3 Å². The fourth-order valence-electron chi connectivity index (χ4n) is 2.72. The van der Waals surface area contributed by atoms with Crippen molar-refractivity contribution in [2.75, 3.05) is 18.7 Å². The monoisotopic (exact) mass is 411 g/mol. The predicted octanol–water partition coefficient (Wildman–Crippen LogP) is 4.20. The number of hydrogen-bond donors (Lipinski definition) is 2. The third-order valence-corrected chi connectivity index (χ3v) is 4.70. The molecule has 148 valence electrons. The van der Waals surface area contributed by atoms with Gasteiger partial charge in [0.2, 0.25) is 6.79 Å². The molecule has 29 heavy (non-hydrogen) atoms. The molecular formula is C21H18ClN3O4. The largest absolute Gasteiger partial charge is 0.455 e. The van der Waals surface area contributed by atoms with Gasteiger partial charge in [0.1, 0.15) is 11.5 Å². The summed E-state index contributed by atoms with van der Waals surface area (Å²) in [6.45, 7) is 2.21. The van der Waals surface area contributed by atoms with Crippen molar-refractivity contribution in [2.45, 2.75) is 6.92 Å². The molecule has 0 saturated carbocycles. The van der Waals surface area contributed by atoms with Gasteiger partial charge in [-0.3, -0.25) is 4.79 Å². The van der Waals surface area contributed by atoms with Crippen LogP contribution in [0.5, 0.6) is 11.5 Å². The lowest BCUT2D eigenvalue weighted by molar-refractivity contribution is -0.119. The Morgan fingerprint density at radius 1 is 1.14 bits per heavy atom. The highest BCUT2D eigenvalue weighted by atomic mass is 35.5. The minimum absolute atomic E-state index is 0.0578. The number of fused-ring (bicyclic) bond motifs is 1. The number of nitrogens with zero attached hydrogens (tertiary/aromatic N) is 1. The van der Waals surface area contributed by atoms with Crippen molar-refractivity contribution < 1.29 is 18.7 Å². The van der Waals surface area contributed by atoms with E-state index in [2.05, 4.69) is 15.8 Å².